The molecule has 0 aromatic heterocycles. The largest absolute Gasteiger partial charge is 0.507 e. The van der Waals surface area contributed by atoms with Crippen molar-refractivity contribution >= 4 is 0 Å². The standard InChI is InChI=1S/C21H28O/c1-13(2)16-11-18(14(3)4)21(19(12-16)15(5)6)17-9-7-8-10-20(17)22/h7-15,22H,1-6H3. The summed E-state index contributed by atoms with van der Waals surface area (Å²) in [4.78, 5) is 0. The number of phenols is 1. The van der Waals surface area contributed by atoms with E-state index >= 15 is 0 Å². The Labute approximate surface area is 135 Å². The molecule has 1 N–H and O–H groups in total. The maximum Gasteiger partial charge on any atom is 0.123 e. The first-order chi connectivity index (χ1) is 10.3. The van der Waals surface area contributed by atoms with Gasteiger partial charge in [0.2, 0.25) is 0 Å². The van der Waals surface area contributed by atoms with Gasteiger partial charge in [-0.1, -0.05) is 71.9 Å². The molecule has 0 spiro atoms. The van der Waals surface area contributed by atoms with Gasteiger partial charge in [-0.15, -0.1) is 0 Å². The van der Waals surface area contributed by atoms with Gasteiger partial charge in [-0.2, -0.15) is 0 Å². The summed E-state index contributed by atoms with van der Waals surface area (Å²) in [5.41, 5.74) is 6.21. The SMILES string of the molecule is CC(C)c1cc(C(C)C)c(-c2ccccc2O)c(C(C)C)c1. The summed E-state index contributed by atoms with van der Waals surface area (Å²) in [6, 6.07) is 12.3. The predicted octanol–water partition coefficient (Wildman–Crippen LogP) is 6.43. The fourth-order valence-corrected chi connectivity index (χ4v) is 2.95. The summed E-state index contributed by atoms with van der Waals surface area (Å²) in [6.45, 7) is 13.4. The van der Waals surface area contributed by atoms with E-state index in [1.54, 1.807) is 6.07 Å². The van der Waals surface area contributed by atoms with E-state index in [2.05, 4.69) is 53.7 Å². The molecule has 0 saturated carbocycles. The molecule has 0 amide bonds. The van der Waals surface area contributed by atoms with Crippen LogP contribution in [0.4, 0.5) is 0 Å². The normalized spacial score (nSPS) is 11.7. The number of hydrogen-bond donors (Lipinski definition) is 1. The fourth-order valence-electron chi connectivity index (χ4n) is 2.95. The van der Waals surface area contributed by atoms with Crippen LogP contribution in [0, 0.1) is 0 Å². The van der Waals surface area contributed by atoms with Gasteiger partial charge in [-0.3, -0.25) is 0 Å². The van der Waals surface area contributed by atoms with Gasteiger partial charge in [0.1, 0.15) is 5.75 Å². The zero-order valence-electron chi connectivity index (χ0n) is 14.6. The lowest BCUT2D eigenvalue weighted by Crippen LogP contribution is -2.03. The zero-order valence-corrected chi connectivity index (χ0v) is 14.6. The van der Waals surface area contributed by atoms with Crippen molar-refractivity contribution in [3.8, 4) is 16.9 Å². The van der Waals surface area contributed by atoms with Crippen LogP contribution < -0.4 is 0 Å². The molecule has 0 radical (unpaired) electrons. The van der Waals surface area contributed by atoms with Gasteiger partial charge >= 0.3 is 0 Å². The van der Waals surface area contributed by atoms with Crippen molar-refractivity contribution in [3.63, 3.8) is 0 Å². The summed E-state index contributed by atoms with van der Waals surface area (Å²) in [5, 5.41) is 10.4. The van der Waals surface area contributed by atoms with Crippen molar-refractivity contribution in [2.75, 3.05) is 0 Å². The van der Waals surface area contributed by atoms with Crippen LogP contribution in [-0.4, -0.2) is 5.11 Å². The van der Waals surface area contributed by atoms with Crippen LogP contribution in [0.5, 0.6) is 5.75 Å². The summed E-state index contributed by atoms with van der Waals surface area (Å²) in [6.07, 6.45) is 0. The Morgan fingerprint density at radius 3 is 1.64 bits per heavy atom. The topological polar surface area (TPSA) is 20.2 Å². The third-order valence-corrected chi connectivity index (χ3v) is 4.31. The second kappa shape index (κ2) is 6.56. The van der Waals surface area contributed by atoms with Gasteiger partial charge in [-0.05, 0) is 46.1 Å². The molecule has 0 aliphatic carbocycles. The fraction of sp³-hybridized carbons (Fsp3) is 0.429. The number of aromatic hydroxyl groups is 1. The lowest BCUT2D eigenvalue weighted by molar-refractivity contribution is 0.477. The number of hydrogen-bond acceptors (Lipinski definition) is 1. The van der Waals surface area contributed by atoms with E-state index < -0.39 is 0 Å². The van der Waals surface area contributed by atoms with Crippen LogP contribution >= 0.6 is 0 Å². The number of phenolic OH excluding ortho intramolecular Hbond substituents is 1. The maximum absolute atomic E-state index is 10.4. The molecule has 0 aliphatic rings. The molecule has 118 valence electrons. The van der Waals surface area contributed by atoms with E-state index in [0.29, 0.717) is 23.5 Å². The molecule has 2 aromatic carbocycles. The molecular formula is C21H28O. The quantitative estimate of drug-likeness (QED) is 0.689. The molecular weight excluding hydrogens is 268 g/mol. The van der Waals surface area contributed by atoms with Gasteiger partial charge in [0.05, 0.1) is 0 Å². The maximum atomic E-state index is 10.4. The van der Waals surface area contributed by atoms with Crippen molar-refractivity contribution < 1.29 is 5.11 Å². The van der Waals surface area contributed by atoms with E-state index in [4.69, 9.17) is 0 Å². The molecule has 22 heavy (non-hydrogen) atoms. The molecule has 0 unspecified atom stereocenters. The van der Waals surface area contributed by atoms with Crippen LogP contribution in [0.3, 0.4) is 0 Å². The van der Waals surface area contributed by atoms with Gasteiger partial charge in [0.15, 0.2) is 0 Å². The van der Waals surface area contributed by atoms with E-state index in [-0.39, 0.29) is 0 Å². The lowest BCUT2D eigenvalue weighted by Gasteiger charge is -2.23. The predicted molar refractivity (Wildman–Crippen MR) is 95.8 cm³/mol. The molecule has 0 heterocycles. The highest BCUT2D eigenvalue weighted by molar-refractivity contribution is 5.77. The lowest BCUT2D eigenvalue weighted by atomic mass is 9.81. The Morgan fingerprint density at radius 1 is 0.727 bits per heavy atom. The summed E-state index contributed by atoms with van der Waals surface area (Å²) >= 11 is 0. The van der Waals surface area contributed by atoms with Crippen molar-refractivity contribution in [3.05, 3.63) is 53.1 Å². The first-order valence-electron chi connectivity index (χ1n) is 8.29. The number of para-hydroxylation sites is 1. The Kier molecular flexibility index (Phi) is 4.95. The van der Waals surface area contributed by atoms with Crippen molar-refractivity contribution in [2.45, 2.75) is 59.3 Å². The summed E-state index contributed by atoms with van der Waals surface area (Å²) < 4.78 is 0. The number of rotatable bonds is 4. The van der Waals surface area contributed by atoms with Crippen LogP contribution in [-0.2, 0) is 0 Å². The number of benzene rings is 2. The second-order valence-electron chi connectivity index (χ2n) is 7.06. The third kappa shape index (κ3) is 3.19. The van der Waals surface area contributed by atoms with E-state index in [1.807, 2.05) is 18.2 Å². The van der Waals surface area contributed by atoms with Gasteiger partial charge in [0, 0.05) is 5.56 Å². The van der Waals surface area contributed by atoms with E-state index in [1.165, 1.54) is 22.3 Å². The van der Waals surface area contributed by atoms with Crippen LogP contribution in [0.25, 0.3) is 11.1 Å². The minimum absolute atomic E-state index is 0.364. The Balaban J connectivity index is 2.83. The monoisotopic (exact) mass is 296 g/mol. The van der Waals surface area contributed by atoms with Crippen molar-refractivity contribution in [2.24, 2.45) is 0 Å². The Hall–Kier alpha value is -1.76. The summed E-state index contributed by atoms with van der Waals surface area (Å²) in [7, 11) is 0. The van der Waals surface area contributed by atoms with Crippen molar-refractivity contribution in [1.82, 2.24) is 0 Å². The summed E-state index contributed by atoms with van der Waals surface area (Å²) in [5.74, 6) is 1.72. The van der Waals surface area contributed by atoms with Crippen LogP contribution in [0.2, 0.25) is 0 Å². The third-order valence-electron chi connectivity index (χ3n) is 4.31. The first kappa shape index (κ1) is 16.6. The molecule has 1 heteroatoms. The second-order valence-corrected chi connectivity index (χ2v) is 7.06. The Morgan fingerprint density at radius 2 is 1.23 bits per heavy atom. The molecule has 0 bridgehead atoms. The highest BCUT2D eigenvalue weighted by Gasteiger charge is 2.19. The van der Waals surface area contributed by atoms with E-state index in [9.17, 15) is 5.11 Å². The molecule has 0 aliphatic heterocycles. The smallest absolute Gasteiger partial charge is 0.123 e. The molecule has 0 atom stereocenters. The molecule has 1 nitrogen and oxygen atoms in total. The highest BCUT2D eigenvalue weighted by atomic mass is 16.3. The Bertz CT molecular complexity index is 622. The molecule has 0 saturated heterocycles. The van der Waals surface area contributed by atoms with Gasteiger partial charge in [0.25, 0.3) is 0 Å². The molecule has 0 fully saturated rings. The van der Waals surface area contributed by atoms with Crippen LogP contribution in [0.15, 0.2) is 36.4 Å². The zero-order chi connectivity index (χ0) is 16.4. The van der Waals surface area contributed by atoms with Gasteiger partial charge < -0.3 is 5.11 Å². The van der Waals surface area contributed by atoms with Crippen LogP contribution in [0.1, 0.15) is 76.0 Å². The minimum Gasteiger partial charge on any atom is -0.507 e. The van der Waals surface area contributed by atoms with Crippen molar-refractivity contribution in [1.29, 1.82) is 0 Å². The highest BCUT2D eigenvalue weighted by Crippen LogP contribution is 2.41. The average Bonchev–Trinajstić information content (AvgIpc) is 2.46. The average molecular weight is 296 g/mol. The minimum atomic E-state index is 0.364. The molecule has 2 aromatic rings. The first-order valence-corrected chi connectivity index (χ1v) is 8.29. The molecule has 2 rings (SSSR count). The van der Waals surface area contributed by atoms with Gasteiger partial charge in [-0.25, -0.2) is 0 Å². The van der Waals surface area contributed by atoms with E-state index in [0.717, 1.165) is 5.56 Å².